The molecule has 0 aliphatic carbocycles. The van der Waals surface area contributed by atoms with Crippen molar-refractivity contribution in [2.45, 2.75) is 13.1 Å². The Bertz CT molecular complexity index is 1310. The highest BCUT2D eigenvalue weighted by Crippen LogP contribution is 2.34. The molecular formula is C22H15F4N5OS. The quantitative estimate of drug-likeness (QED) is 0.243. The Morgan fingerprint density at radius 3 is 2.45 bits per heavy atom. The second-order valence-corrected chi connectivity index (χ2v) is 7.69. The van der Waals surface area contributed by atoms with Crippen molar-refractivity contribution in [2.24, 2.45) is 5.10 Å². The Kier molecular flexibility index (Phi) is 6.05. The lowest BCUT2D eigenvalue weighted by Gasteiger charge is -2.07. The molecule has 0 aliphatic rings. The molecule has 0 bridgehead atoms. The second kappa shape index (κ2) is 8.94. The molecule has 0 fully saturated rings. The summed E-state index contributed by atoms with van der Waals surface area (Å²) in [7, 11) is 0. The average Bonchev–Trinajstić information content (AvgIpc) is 3.46. The topological polar surface area (TPSA) is 72.2 Å². The maximum absolute atomic E-state index is 13.6. The van der Waals surface area contributed by atoms with Gasteiger partial charge in [-0.05, 0) is 30.7 Å². The van der Waals surface area contributed by atoms with Crippen LogP contribution in [0.3, 0.4) is 0 Å². The summed E-state index contributed by atoms with van der Waals surface area (Å²) in [4.78, 5) is 16.4. The van der Waals surface area contributed by atoms with Gasteiger partial charge in [0.2, 0.25) is 5.13 Å². The van der Waals surface area contributed by atoms with Crippen molar-refractivity contribution < 1.29 is 22.4 Å². The summed E-state index contributed by atoms with van der Waals surface area (Å²) in [6.45, 7) is 1.62. The third-order valence-corrected chi connectivity index (χ3v) is 5.38. The van der Waals surface area contributed by atoms with Crippen LogP contribution in [0.1, 0.15) is 28.7 Å². The summed E-state index contributed by atoms with van der Waals surface area (Å²) in [6, 6.07) is 14.9. The van der Waals surface area contributed by atoms with Gasteiger partial charge < -0.3 is 0 Å². The smallest absolute Gasteiger partial charge is 0.266 e. The lowest BCUT2D eigenvalue weighted by atomic mass is 10.1. The Morgan fingerprint density at radius 2 is 1.79 bits per heavy atom. The number of carbonyl (C=O) groups excluding carboxylic acids is 1. The van der Waals surface area contributed by atoms with Crippen molar-refractivity contribution in [3.63, 3.8) is 0 Å². The summed E-state index contributed by atoms with van der Waals surface area (Å²) in [5, 5.41) is 9.21. The van der Waals surface area contributed by atoms with Gasteiger partial charge in [0.1, 0.15) is 11.5 Å². The molecule has 2 heterocycles. The molecule has 0 atom stereocenters. The normalized spacial score (nSPS) is 12.1. The molecule has 0 unspecified atom stereocenters. The maximum atomic E-state index is 13.6. The Labute approximate surface area is 189 Å². The van der Waals surface area contributed by atoms with Crippen LogP contribution in [-0.4, -0.2) is 26.4 Å². The molecule has 4 aromatic rings. The first-order chi connectivity index (χ1) is 15.7. The summed E-state index contributed by atoms with van der Waals surface area (Å²) in [5.41, 5.74) is 2.83. The molecule has 168 valence electrons. The second-order valence-electron chi connectivity index (χ2n) is 6.85. The first-order valence-electron chi connectivity index (χ1n) is 9.51. The number of alkyl halides is 3. The number of carbonyl (C=O) groups is 1. The zero-order valence-corrected chi connectivity index (χ0v) is 17.8. The first kappa shape index (κ1) is 22.3. The van der Waals surface area contributed by atoms with Gasteiger partial charge in [0.05, 0.1) is 11.4 Å². The number of amides is 1. The van der Waals surface area contributed by atoms with Crippen LogP contribution in [0.5, 0.6) is 0 Å². The number of aromatic nitrogens is 3. The Balaban J connectivity index is 1.59. The van der Waals surface area contributed by atoms with Crippen LogP contribution >= 0.6 is 11.3 Å². The van der Waals surface area contributed by atoms with E-state index in [1.54, 1.807) is 37.3 Å². The fourth-order valence-electron chi connectivity index (χ4n) is 2.89. The van der Waals surface area contributed by atoms with E-state index in [4.69, 9.17) is 0 Å². The number of hydrogen-bond acceptors (Lipinski definition) is 5. The predicted molar refractivity (Wildman–Crippen MR) is 116 cm³/mol. The van der Waals surface area contributed by atoms with Gasteiger partial charge in [-0.1, -0.05) is 42.5 Å². The molecule has 1 N–H and O–H groups in total. The highest BCUT2D eigenvalue weighted by atomic mass is 32.1. The minimum absolute atomic E-state index is 0.115. The van der Waals surface area contributed by atoms with Crippen molar-refractivity contribution >= 4 is 23.0 Å². The van der Waals surface area contributed by atoms with E-state index < -0.39 is 23.6 Å². The van der Waals surface area contributed by atoms with Gasteiger partial charge in [0.25, 0.3) is 5.91 Å². The highest BCUT2D eigenvalue weighted by Gasteiger charge is 2.37. The van der Waals surface area contributed by atoms with E-state index in [0.717, 1.165) is 17.4 Å². The Morgan fingerprint density at radius 1 is 1.09 bits per heavy atom. The number of hydrazone groups is 1. The molecule has 0 spiro atoms. The minimum Gasteiger partial charge on any atom is -0.266 e. The summed E-state index contributed by atoms with van der Waals surface area (Å²) in [6.07, 6.45) is -4.68. The monoisotopic (exact) mass is 473 g/mol. The predicted octanol–water partition coefficient (Wildman–Crippen LogP) is 5.31. The number of thiazole rings is 1. The molecule has 6 nitrogen and oxygen atoms in total. The van der Waals surface area contributed by atoms with Crippen molar-refractivity contribution in [2.75, 3.05) is 0 Å². The summed E-state index contributed by atoms with van der Waals surface area (Å²) >= 11 is 0.840. The van der Waals surface area contributed by atoms with E-state index in [1.807, 2.05) is 0 Å². The van der Waals surface area contributed by atoms with Gasteiger partial charge in [-0.15, -0.1) is 11.3 Å². The van der Waals surface area contributed by atoms with Crippen LogP contribution in [0, 0.1) is 5.82 Å². The number of nitrogens with one attached hydrogen (secondary N) is 1. The van der Waals surface area contributed by atoms with E-state index in [1.165, 1.54) is 29.6 Å². The average molecular weight is 473 g/mol. The molecule has 1 amide bonds. The number of benzene rings is 2. The van der Waals surface area contributed by atoms with Crippen molar-refractivity contribution in [3.8, 4) is 16.4 Å². The van der Waals surface area contributed by atoms with Gasteiger partial charge in [0, 0.05) is 10.9 Å². The largest absolute Gasteiger partial charge is 0.433 e. The summed E-state index contributed by atoms with van der Waals surface area (Å²) < 4.78 is 54.6. The molecule has 0 aliphatic heterocycles. The van der Waals surface area contributed by atoms with Crippen LogP contribution in [-0.2, 0) is 6.18 Å². The summed E-state index contributed by atoms with van der Waals surface area (Å²) in [5.74, 6) is -1.11. The maximum Gasteiger partial charge on any atom is 0.433 e. The number of rotatable bonds is 5. The van der Waals surface area contributed by atoms with Gasteiger partial charge in [-0.25, -0.2) is 19.5 Å². The molecular weight excluding hydrogens is 458 g/mol. The molecule has 0 saturated carbocycles. The molecule has 0 radical (unpaired) electrons. The van der Waals surface area contributed by atoms with E-state index in [2.05, 4.69) is 20.6 Å². The van der Waals surface area contributed by atoms with Crippen LogP contribution in [0.4, 0.5) is 17.6 Å². The molecule has 2 aromatic heterocycles. The number of hydrogen-bond donors (Lipinski definition) is 1. The Hall–Kier alpha value is -3.86. The molecule has 2 aromatic carbocycles. The molecule has 11 heteroatoms. The highest BCUT2D eigenvalue weighted by molar-refractivity contribution is 7.12. The van der Waals surface area contributed by atoms with Crippen molar-refractivity contribution in [3.05, 3.63) is 88.8 Å². The standard InChI is InChI=1S/C22H15F4N5OS/c1-13(14-7-9-16(23)10-8-14)28-29-20(32)18-12-33-21(27-18)31-19(22(24,25)26)11-17(30-31)15-5-3-2-4-6-15/h2-12H,1H3,(H,29,32). The van der Waals surface area contributed by atoms with E-state index in [-0.39, 0.29) is 16.5 Å². The van der Waals surface area contributed by atoms with Gasteiger partial charge in [-0.3, -0.25) is 4.79 Å². The molecule has 33 heavy (non-hydrogen) atoms. The van der Waals surface area contributed by atoms with Crippen LogP contribution < -0.4 is 5.43 Å². The number of halogens is 4. The number of nitrogens with zero attached hydrogens (tertiary/aromatic N) is 4. The van der Waals surface area contributed by atoms with Crippen LogP contribution in [0.2, 0.25) is 0 Å². The zero-order valence-electron chi connectivity index (χ0n) is 17.0. The fourth-order valence-corrected chi connectivity index (χ4v) is 3.66. The zero-order chi connectivity index (χ0) is 23.6. The molecule has 0 saturated heterocycles. The van der Waals surface area contributed by atoms with E-state index in [9.17, 15) is 22.4 Å². The van der Waals surface area contributed by atoms with Crippen molar-refractivity contribution in [1.82, 2.24) is 20.2 Å². The van der Waals surface area contributed by atoms with Crippen LogP contribution in [0.15, 0.2) is 71.1 Å². The van der Waals surface area contributed by atoms with Gasteiger partial charge >= 0.3 is 6.18 Å². The van der Waals surface area contributed by atoms with Gasteiger partial charge in [-0.2, -0.15) is 23.4 Å². The first-order valence-corrected chi connectivity index (χ1v) is 10.4. The molecule has 4 rings (SSSR count). The third-order valence-electron chi connectivity index (χ3n) is 4.56. The lowest BCUT2D eigenvalue weighted by molar-refractivity contribution is -0.142. The van der Waals surface area contributed by atoms with Gasteiger partial charge in [0.15, 0.2) is 5.69 Å². The van der Waals surface area contributed by atoms with Crippen molar-refractivity contribution in [1.29, 1.82) is 0 Å². The third kappa shape index (κ3) is 4.98. The van der Waals surface area contributed by atoms with E-state index in [0.29, 0.717) is 21.5 Å². The van der Waals surface area contributed by atoms with E-state index >= 15 is 0 Å². The lowest BCUT2D eigenvalue weighted by Crippen LogP contribution is -2.20. The fraction of sp³-hybridized carbons (Fsp3) is 0.0909. The minimum atomic E-state index is -4.68. The van der Waals surface area contributed by atoms with Crippen LogP contribution in [0.25, 0.3) is 16.4 Å². The SMILES string of the molecule is CC(=NNC(=O)c1csc(-n2nc(-c3ccccc3)cc2C(F)(F)F)n1)c1ccc(F)cc1.